The average molecular weight is 332 g/mol. The highest BCUT2D eigenvalue weighted by atomic mass is 16.7. The largest absolute Gasteiger partial charge is 0.454 e. The van der Waals surface area contributed by atoms with E-state index in [-0.39, 0.29) is 12.4 Å². The molecule has 5 rings (SSSR count). The minimum Gasteiger partial charge on any atom is -0.454 e. The fraction of sp³-hybridized carbons (Fsp3) is 0.200. The maximum absolute atomic E-state index is 12.8. The first-order valence-corrected chi connectivity index (χ1v) is 8.40. The maximum Gasteiger partial charge on any atom is 0.261 e. The van der Waals surface area contributed by atoms with Crippen molar-refractivity contribution >= 4 is 22.6 Å². The number of fused-ring (bicyclic) bond motifs is 3. The normalized spacial score (nSPS) is 17.0. The van der Waals surface area contributed by atoms with Crippen molar-refractivity contribution in [1.82, 2.24) is 9.55 Å². The van der Waals surface area contributed by atoms with Crippen LogP contribution in [0, 0.1) is 0 Å². The molecule has 0 bridgehead atoms. The summed E-state index contributed by atoms with van der Waals surface area (Å²) in [6.45, 7) is 0.978. The molecule has 2 aromatic carbocycles. The minimum absolute atomic E-state index is 0.0388. The Labute approximate surface area is 144 Å². The molecule has 0 N–H and O–H groups in total. The van der Waals surface area contributed by atoms with Crippen LogP contribution in [0.2, 0.25) is 0 Å². The van der Waals surface area contributed by atoms with E-state index in [0.29, 0.717) is 11.9 Å². The molecule has 0 radical (unpaired) electrons. The van der Waals surface area contributed by atoms with Crippen molar-refractivity contribution in [2.45, 2.75) is 19.4 Å². The number of para-hydroxylation sites is 1. The van der Waals surface area contributed by atoms with Gasteiger partial charge in [-0.2, -0.15) is 0 Å². The fourth-order valence-corrected chi connectivity index (χ4v) is 3.50. The minimum atomic E-state index is 0.0388. The Balaban J connectivity index is 1.67. The number of hydrogen-bond acceptors (Lipinski definition) is 4. The zero-order chi connectivity index (χ0) is 16.8. The van der Waals surface area contributed by atoms with Crippen LogP contribution in [0.4, 0.5) is 0 Å². The van der Waals surface area contributed by atoms with Gasteiger partial charge >= 0.3 is 0 Å². The number of benzene rings is 2. The summed E-state index contributed by atoms with van der Waals surface area (Å²) in [7, 11) is 0. The van der Waals surface area contributed by atoms with Gasteiger partial charge in [-0.25, -0.2) is 4.98 Å². The van der Waals surface area contributed by atoms with Crippen molar-refractivity contribution < 1.29 is 9.47 Å². The van der Waals surface area contributed by atoms with Crippen LogP contribution in [0.5, 0.6) is 11.5 Å². The number of rotatable bonds is 1. The maximum atomic E-state index is 12.8. The van der Waals surface area contributed by atoms with E-state index in [1.807, 2.05) is 42.5 Å². The highest BCUT2D eigenvalue weighted by molar-refractivity contribution is 5.84. The number of ether oxygens (including phenoxy) is 2. The lowest BCUT2D eigenvalue weighted by atomic mass is 10.0. The van der Waals surface area contributed by atoms with Gasteiger partial charge in [-0.3, -0.25) is 9.36 Å². The molecule has 0 unspecified atom stereocenters. The van der Waals surface area contributed by atoms with Crippen LogP contribution in [0.25, 0.3) is 22.6 Å². The Hall–Kier alpha value is -3.08. The first kappa shape index (κ1) is 14.3. The lowest BCUT2D eigenvalue weighted by molar-refractivity contribution is 0.174. The molecule has 124 valence electrons. The second-order valence-corrected chi connectivity index (χ2v) is 6.30. The number of nitrogens with zero attached hydrogens (tertiary/aromatic N) is 2. The summed E-state index contributed by atoms with van der Waals surface area (Å²) >= 11 is 0. The van der Waals surface area contributed by atoms with Gasteiger partial charge in [0.1, 0.15) is 5.82 Å². The molecule has 0 spiro atoms. The number of hydrogen-bond donors (Lipinski definition) is 0. The molecule has 0 aliphatic carbocycles. The molecule has 0 amide bonds. The van der Waals surface area contributed by atoms with Crippen LogP contribution in [0.1, 0.15) is 24.2 Å². The van der Waals surface area contributed by atoms with E-state index >= 15 is 0 Å². The van der Waals surface area contributed by atoms with E-state index < -0.39 is 0 Å². The zero-order valence-electron chi connectivity index (χ0n) is 13.6. The molecule has 25 heavy (non-hydrogen) atoms. The Morgan fingerprint density at radius 1 is 1.08 bits per heavy atom. The Morgan fingerprint density at radius 2 is 1.96 bits per heavy atom. The van der Waals surface area contributed by atoms with Crippen molar-refractivity contribution in [3.05, 3.63) is 64.2 Å². The summed E-state index contributed by atoms with van der Waals surface area (Å²) in [6, 6.07) is 13.4. The van der Waals surface area contributed by atoms with Gasteiger partial charge in [0, 0.05) is 6.54 Å². The second-order valence-electron chi connectivity index (χ2n) is 6.30. The molecular formula is C20H16N2O3. The van der Waals surface area contributed by atoms with Crippen LogP contribution in [-0.2, 0) is 6.54 Å². The van der Waals surface area contributed by atoms with Crippen LogP contribution in [-0.4, -0.2) is 16.3 Å². The molecule has 5 nitrogen and oxygen atoms in total. The van der Waals surface area contributed by atoms with Gasteiger partial charge in [0.2, 0.25) is 6.79 Å². The van der Waals surface area contributed by atoms with Crippen molar-refractivity contribution in [2.24, 2.45) is 0 Å². The lowest BCUT2D eigenvalue weighted by Gasteiger charge is -2.20. The van der Waals surface area contributed by atoms with E-state index in [1.54, 1.807) is 4.57 Å². The van der Waals surface area contributed by atoms with Crippen LogP contribution in [0.3, 0.4) is 0 Å². The highest BCUT2D eigenvalue weighted by Crippen LogP contribution is 2.34. The summed E-state index contributed by atoms with van der Waals surface area (Å²) in [5, 5.41) is 0.676. The molecule has 1 aromatic heterocycles. The summed E-state index contributed by atoms with van der Waals surface area (Å²) in [4.78, 5) is 17.5. The van der Waals surface area contributed by atoms with Gasteiger partial charge in [-0.05, 0) is 54.3 Å². The average Bonchev–Trinajstić information content (AvgIpc) is 3.11. The molecule has 0 atom stereocenters. The Morgan fingerprint density at radius 3 is 2.92 bits per heavy atom. The van der Waals surface area contributed by atoms with Crippen molar-refractivity contribution in [1.29, 1.82) is 0 Å². The van der Waals surface area contributed by atoms with E-state index in [2.05, 4.69) is 6.08 Å². The summed E-state index contributed by atoms with van der Waals surface area (Å²) < 4.78 is 12.6. The standard InChI is InChI=1S/C20H16N2O3/c23-20-15-5-1-2-6-16(15)21-19-14(4-3-9-22(19)20)10-13-7-8-17-18(11-13)25-12-24-17/h1-2,5-8,10-11H,3-4,9,12H2/b14-10+. The molecule has 0 fully saturated rings. The van der Waals surface area contributed by atoms with Gasteiger partial charge in [0.15, 0.2) is 11.5 Å². The summed E-state index contributed by atoms with van der Waals surface area (Å²) in [5.74, 6) is 2.30. The van der Waals surface area contributed by atoms with Gasteiger partial charge in [-0.1, -0.05) is 18.2 Å². The van der Waals surface area contributed by atoms with Crippen molar-refractivity contribution in [3.63, 3.8) is 0 Å². The molecule has 5 heteroatoms. The SMILES string of the molecule is O=c1c2ccccc2nc2n1CCC/C2=C\c1ccc2c(c1)OCO2. The third-order valence-corrected chi connectivity index (χ3v) is 4.71. The van der Waals surface area contributed by atoms with Gasteiger partial charge in [-0.15, -0.1) is 0 Å². The Kier molecular flexibility index (Phi) is 3.13. The van der Waals surface area contributed by atoms with Crippen molar-refractivity contribution in [3.8, 4) is 11.5 Å². The van der Waals surface area contributed by atoms with Gasteiger partial charge in [0.05, 0.1) is 10.9 Å². The number of allylic oxidation sites excluding steroid dienone is 1. The molecular weight excluding hydrogens is 316 g/mol. The predicted molar refractivity (Wildman–Crippen MR) is 95.7 cm³/mol. The van der Waals surface area contributed by atoms with E-state index in [9.17, 15) is 4.79 Å². The van der Waals surface area contributed by atoms with E-state index in [1.165, 1.54) is 0 Å². The highest BCUT2D eigenvalue weighted by Gasteiger charge is 2.19. The summed E-state index contributed by atoms with van der Waals surface area (Å²) in [6.07, 6.45) is 3.93. The summed E-state index contributed by atoms with van der Waals surface area (Å²) in [5.41, 5.74) is 2.89. The molecule has 3 aromatic rings. The quantitative estimate of drug-likeness (QED) is 0.685. The third-order valence-electron chi connectivity index (χ3n) is 4.71. The molecule has 0 saturated carbocycles. The van der Waals surface area contributed by atoms with Gasteiger partial charge in [0.25, 0.3) is 5.56 Å². The molecule has 2 aliphatic rings. The van der Waals surface area contributed by atoms with Crippen molar-refractivity contribution in [2.75, 3.05) is 6.79 Å². The smallest absolute Gasteiger partial charge is 0.261 e. The third kappa shape index (κ3) is 2.31. The van der Waals surface area contributed by atoms with Gasteiger partial charge < -0.3 is 9.47 Å². The van der Waals surface area contributed by atoms with E-state index in [4.69, 9.17) is 14.5 Å². The van der Waals surface area contributed by atoms with Crippen LogP contribution >= 0.6 is 0 Å². The van der Waals surface area contributed by atoms with E-state index in [0.717, 1.165) is 46.8 Å². The number of aromatic nitrogens is 2. The van der Waals surface area contributed by atoms with Crippen LogP contribution in [0.15, 0.2) is 47.3 Å². The van der Waals surface area contributed by atoms with Crippen LogP contribution < -0.4 is 15.0 Å². The second kappa shape index (κ2) is 5.48. The monoisotopic (exact) mass is 332 g/mol. The molecule has 0 saturated heterocycles. The molecule has 2 aliphatic heterocycles. The first-order valence-electron chi connectivity index (χ1n) is 8.40. The zero-order valence-corrected chi connectivity index (χ0v) is 13.6. The Bertz CT molecular complexity index is 1080. The first-order chi connectivity index (χ1) is 12.3. The molecule has 3 heterocycles. The topological polar surface area (TPSA) is 53.4 Å². The predicted octanol–water partition coefficient (Wildman–Crippen LogP) is 3.46. The lowest BCUT2D eigenvalue weighted by Crippen LogP contribution is -2.27. The fourth-order valence-electron chi connectivity index (χ4n) is 3.50.